The molecule has 1 saturated carbocycles. The molecule has 0 atom stereocenters. The molecule has 4 aromatic rings. The lowest BCUT2D eigenvalue weighted by Gasteiger charge is -2.29. The smallest absolute Gasteiger partial charge is 0.421 e. The normalized spacial score (nSPS) is 18.5. The van der Waals surface area contributed by atoms with Crippen molar-refractivity contribution in [3.8, 4) is 17.1 Å². The highest BCUT2D eigenvalue weighted by molar-refractivity contribution is 5.93. The van der Waals surface area contributed by atoms with E-state index in [0.29, 0.717) is 36.4 Å². The molecule has 5 rings (SSSR count). The fraction of sp³-hybridized carbons (Fsp3) is 0.435. The minimum absolute atomic E-state index is 0.0729. The molecule has 0 aliphatic heterocycles. The Balaban J connectivity index is 1.38. The van der Waals surface area contributed by atoms with Gasteiger partial charge in [0, 0.05) is 56.6 Å². The molecule has 0 saturated heterocycles. The van der Waals surface area contributed by atoms with Gasteiger partial charge in [0.15, 0.2) is 0 Å². The molecule has 0 spiro atoms. The molecular weight excluding hydrogens is 477 g/mol. The second-order valence-electron chi connectivity index (χ2n) is 8.90. The topological polar surface area (TPSA) is 105 Å². The largest absolute Gasteiger partial charge is 0.473 e. The van der Waals surface area contributed by atoms with E-state index in [2.05, 4.69) is 20.5 Å². The molecule has 0 aromatic carbocycles. The van der Waals surface area contributed by atoms with Gasteiger partial charge < -0.3 is 10.1 Å². The van der Waals surface area contributed by atoms with Crippen LogP contribution in [0.3, 0.4) is 0 Å². The van der Waals surface area contributed by atoms with Crippen LogP contribution in [-0.4, -0.2) is 47.5 Å². The van der Waals surface area contributed by atoms with Crippen LogP contribution < -0.4 is 15.6 Å². The fourth-order valence-corrected chi connectivity index (χ4v) is 4.62. The monoisotopic (exact) mass is 502 g/mol. The number of alkyl halides is 3. The van der Waals surface area contributed by atoms with Gasteiger partial charge >= 0.3 is 6.18 Å². The Morgan fingerprint density at radius 2 is 1.83 bits per heavy atom. The highest BCUT2D eigenvalue weighted by Crippen LogP contribution is 2.36. The number of halogens is 3. The Morgan fingerprint density at radius 3 is 2.47 bits per heavy atom. The number of nitrogens with one attached hydrogen (secondary N) is 1. The average Bonchev–Trinajstić information content (AvgIpc) is 3.44. The molecule has 1 aliphatic carbocycles. The Bertz CT molecular complexity index is 1460. The average molecular weight is 503 g/mol. The first-order chi connectivity index (χ1) is 17.1. The molecule has 190 valence electrons. The van der Waals surface area contributed by atoms with E-state index < -0.39 is 17.3 Å². The van der Waals surface area contributed by atoms with E-state index in [-0.39, 0.29) is 18.0 Å². The van der Waals surface area contributed by atoms with Gasteiger partial charge in [0.1, 0.15) is 23.2 Å². The van der Waals surface area contributed by atoms with Crippen molar-refractivity contribution in [1.82, 2.24) is 34.3 Å². The van der Waals surface area contributed by atoms with Gasteiger partial charge in [-0.2, -0.15) is 23.4 Å². The SMILES string of the molecule is CNc1cc2c(cn1)c(-c1cnn(C)c1)nn2[C@H]1CC[C@@H](Oc2cc(C(F)(F)F)c(=O)n(C)n2)CC1. The van der Waals surface area contributed by atoms with Crippen LogP contribution in [-0.2, 0) is 20.3 Å². The van der Waals surface area contributed by atoms with Crippen LogP contribution in [0.5, 0.6) is 5.88 Å². The first-order valence-electron chi connectivity index (χ1n) is 11.5. The number of fused-ring (bicyclic) bond motifs is 1. The van der Waals surface area contributed by atoms with Gasteiger partial charge in [0.25, 0.3) is 5.56 Å². The first-order valence-corrected chi connectivity index (χ1v) is 11.5. The van der Waals surface area contributed by atoms with E-state index in [9.17, 15) is 18.0 Å². The number of aromatic nitrogens is 7. The predicted molar refractivity (Wildman–Crippen MR) is 126 cm³/mol. The summed E-state index contributed by atoms with van der Waals surface area (Å²) in [5.74, 6) is 0.514. The van der Waals surface area contributed by atoms with Gasteiger partial charge in [-0.3, -0.25) is 14.2 Å². The summed E-state index contributed by atoms with van der Waals surface area (Å²) >= 11 is 0. The predicted octanol–water partition coefficient (Wildman–Crippen LogP) is 3.55. The molecule has 0 amide bonds. The van der Waals surface area contributed by atoms with Crippen LogP contribution in [0.1, 0.15) is 37.3 Å². The third kappa shape index (κ3) is 4.40. The summed E-state index contributed by atoms with van der Waals surface area (Å²) < 4.78 is 49.8. The number of aryl methyl sites for hydroxylation is 2. The highest BCUT2D eigenvalue weighted by atomic mass is 19.4. The second-order valence-corrected chi connectivity index (χ2v) is 8.90. The quantitative estimate of drug-likeness (QED) is 0.445. The number of pyridine rings is 1. The fourth-order valence-electron chi connectivity index (χ4n) is 4.62. The van der Waals surface area contributed by atoms with Crippen molar-refractivity contribution >= 4 is 16.7 Å². The van der Waals surface area contributed by atoms with Crippen molar-refractivity contribution in [3.63, 3.8) is 0 Å². The number of hydrogen-bond donors (Lipinski definition) is 1. The molecule has 4 heterocycles. The van der Waals surface area contributed by atoms with E-state index >= 15 is 0 Å². The van der Waals surface area contributed by atoms with Gasteiger partial charge in [-0.25, -0.2) is 9.67 Å². The summed E-state index contributed by atoms with van der Waals surface area (Å²) in [7, 11) is 4.83. The van der Waals surface area contributed by atoms with Crippen LogP contribution in [0.2, 0.25) is 0 Å². The number of hydrogen-bond acceptors (Lipinski definition) is 7. The number of rotatable bonds is 5. The van der Waals surface area contributed by atoms with Gasteiger partial charge in [-0.15, -0.1) is 5.10 Å². The summed E-state index contributed by atoms with van der Waals surface area (Å²) in [5, 5.41) is 17.0. The zero-order valence-corrected chi connectivity index (χ0v) is 20.0. The number of ether oxygens (including phenoxy) is 1. The minimum Gasteiger partial charge on any atom is -0.473 e. The Labute approximate surface area is 203 Å². The molecule has 1 N–H and O–H groups in total. The molecule has 4 aromatic heterocycles. The van der Waals surface area contributed by atoms with Gasteiger partial charge in [0.2, 0.25) is 5.88 Å². The molecule has 13 heteroatoms. The molecule has 0 unspecified atom stereocenters. The van der Waals surface area contributed by atoms with Crippen molar-refractivity contribution in [2.24, 2.45) is 14.1 Å². The lowest BCUT2D eigenvalue weighted by Crippen LogP contribution is -2.31. The molecule has 0 radical (unpaired) electrons. The van der Waals surface area contributed by atoms with Crippen molar-refractivity contribution in [2.75, 3.05) is 12.4 Å². The zero-order valence-electron chi connectivity index (χ0n) is 20.0. The Hall–Kier alpha value is -3.90. The van der Waals surface area contributed by atoms with Gasteiger partial charge in [-0.05, 0) is 25.7 Å². The molecule has 36 heavy (non-hydrogen) atoms. The number of nitrogens with zero attached hydrogens (tertiary/aromatic N) is 7. The van der Waals surface area contributed by atoms with Crippen molar-refractivity contribution in [3.05, 3.63) is 46.6 Å². The van der Waals surface area contributed by atoms with Crippen LogP contribution in [0.4, 0.5) is 19.0 Å². The van der Waals surface area contributed by atoms with Gasteiger partial charge in [0.05, 0.1) is 17.8 Å². The van der Waals surface area contributed by atoms with Crippen molar-refractivity contribution < 1.29 is 17.9 Å². The van der Waals surface area contributed by atoms with E-state index in [1.54, 1.807) is 24.1 Å². The third-order valence-electron chi connectivity index (χ3n) is 6.45. The van der Waals surface area contributed by atoms with E-state index in [0.717, 1.165) is 28.0 Å². The van der Waals surface area contributed by atoms with Crippen LogP contribution >= 0.6 is 0 Å². The van der Waals surface area contributed by atoms with Crippen molar-refractivity contribution in [2.45, 2.75) is 44.0 Å². The Morgan fingerprint density at radius 1 is 1.08 bits per heavy atom. The maximum Gasteiger partial charge on any atom is 0.421 e. The summed E-state index contributed by atoms with van der Waals surface area (Å²) in [4.78, 5) is 16.3. The highest BCUT2D eigenvalue weighted by Gasteiger charge is 2.36. The Kier molecular flexibility index (Phi) is 5.92. The van der Waals surface area contributed by atoms with Crippen LogP contribution in [0.25, 0.3) is 22.2 Å². The lowest BCUT2D eigenvalue weighted by molar-refractivity contribution is -0.139. The third-order valence-corrected chi connectivity index (χ3v) is 6.45. The summed E-state index contributed by atoms with van der Waals surface area (Å²) in [6.45, 7) is 0. The molecule has 1 fully saturated rings. The lowest BCUT2D eigenvalue weighted by atomic mass is 9.93. The van der Waals surface area contributed by atoms with Gasteiger partial charge in [-0.1, -0.05) is 0 Å². The van der Waals surface area contributed by atoms with E-state index in [1.165, 1.54) is 7.05 Å². The zero-order chi connectivity index (χ0) is 25.6. The summed E-state index contributed by atoms with van der Waals surface area (Å²) in [6, 6.07) is 2.71. The summed E-state index contributed by atoms with van der Waals surface area (Å²) in [6.07, 6.45) is 2.99. The first kappa shape index (κ1) is 23.8. The second kappa shape index (κ2) is 8.95. The van der Waals surface area contributed by atoms with E-state index in [1.807, 2.05) is 24.0 Å². The van der Waals surface area contributed by atoms with Crippen molar-refractivity contribution in [1.29, 1.82) is 0 Å². The molecule has 10 nitrogen and oxygen atoms in total. The minimum atomic E-state index is -4.78. The molecule has 0 bridgehead atoms. The standard InChI is InChI=1S/C23H25F3N8O2/c1-27-19-9-18-16(11-28-19)21(13-10-29-32(2)12-13)31-34(18)14-4-6-15(7-5-14)36-20-8-17(23(24,25)26)22(35)33(3)30-20/h8-12,14-15H,4-7H2,1-3H3,(H,27,28)/t14-,15+. The summed E-state index contributed by atoms with van der Waals surface area (Å²) in [5.41, 5.74) is 0.124. The van der Waals surface area contributed by atoms with Crippen LogP contribution in [0, 0.1) is 0 Å². The maximum atomic E-state index is 13.2. The molecule has 1 aliphatic rings. The molecular formula is C23H25F3N8O2. The van der Waals surface area contributed by atoms with E-state index in [4.69, 9.17) is 9.84 Å². The number of anilines is 1. The van der Waals surface area contributed by atoms with Crippen LogP contribution in [0.15, 0.2) is 35.5 Å². The maximum absolute atomic E-state index is 13.2.